The molecule has 4 aromatic carbocycles. The molecule has 0 aliphatic carbocycles. The Bertz CT molecular complexity index is 1210. The quantitative estimate of drug-likeness (QED) is 0.425. The predicted molar refractivity (Wildman–Crippen MR) is 123 cm³/mol. The number of phenolic OH excluding ortho intramolecular Hbond substituents is 1. The first kappa shape index (κ1) is 19.7. The van der Waals surface area contributed by atoms with Crippen LogP contribution in [0.25, 0.3) is 21.9 Å². The summed E-state index contributed by atoms with van der Waals surface area (Å²) < 4.78 is 0. The van der Waals surface area contributed by atoms with Crippen molar-refractivity contribution in [3.63, 3.8) is 0 Å². The fourth-order valence-electron chi connectivity index (χ4n) is 4.10. The Balaban J connectivity index is 1.87. The first-order valence-electron chi connectivity index (χ1n) is 10.1. The fraction of sp³-hybridized carbons (Fsp3) is 0.148. The summed E-state index contributed by atoms with van der Waals surface area (Å²) in [4.78, 5) is 13.4. The second-order valence-corrected chi connectivity index (χ2v) is 7.79. The summed E-state index contributed by atoms with van der Waals surface area (Å²) in [6, 6.07) is 25.3. The lowest BCUT2D eigenvalue weighted by molar-refractivity contribution is 0.0940. The van der Waals surface area contributed by atoms with Crippen LogP contribution >= 0.6 is 0 Å². The van der Waals surface area contributed by atoms with Crippen LogP contribution in [0.15, 0.2) is 78.9 Å². The molecule has 4 aromatic rings. The van der Waals surface area contributed by atoms with Gasteiger partial charge in [-0.2, -0.15) is 0 Å². The van der Waals surface area contributed by atoms with Gasteiger partial charge in [-0.15, -0.1) is 0 Å². The van der Waals surface area contributed by atoms with Gasteiger partial charge in [-0.25, -0.2) is 0 Å². The molecule has 150 valence electrons. The van der Waals surface area contributed by atoms with Crippen LogP contribution in [0.5, 0.6) is 5.75 Å². The van der Waals surface area contributed by atoms with Crippen molar-refractivity contribution in [2.75, 3.05) is 0 Å². The van der Waals surface area contributed by atoms with Crippen LogP contribution < -0.4 is 5.32 Å². The van der Waals surface area contributed by atoms with Crippen LogP contribution in [0.2, 0.25) is 0 Å². The van der Waals surface area contributed by atoms with E-state index in [1.54, 1.807) is 6.07 Å². The highest BCUT2D eigenvalue weighted by atomic mass is 16.3. The van der Waals surface area contributed by atoms with Crippen molar-refractivity contribution in [3.8, 4) is 16.9 Å². The SMILES string of the molecule is Cc1cc(C)c(-c2c(C(=O)N[C@H](C)c3ccccc3)ccc3ccccc23)c(O)c1. The minimum atomic E-state index is -0.161. The molecule has 3 nitrogen and oxygen atoms in total. The molecule has 0 aliphatic rings. The summed E-state index contributed by atoms with van der Waals surface area (Å²) in [5.41, 5.74) is 4.99. The topological polar surface area (TPSA) is 49.3 Å². The third-order valence-corrected chi connectivity index (χ3v) is 5.53. The van der Waals surface area contributed by atoms with Gasteiger partial charge in [0.2, 0.25) is 0 Å². The smallest absolute Gasteiger partial charge is 0.252 e. The lowest BCUT2D eigenvalue weighted by Crippen LogP contribution is -2.27. The Labute approximate surface area is 177 Å². The summed E-state index contributed by atoms with van der Waals surface area (Å²) in [7, 11) is 0. The minimum Gasteiger partial charge on any atom is -0.507 e. The van der Waals surface area contributed by atoms with E-state index in [2.05, 4.69) is 5.32 Å². The number of amides is 1. The van der Waals surface area contributed by atoms with E-state index in [4.69, 9.17) is 0 Å². The molecule has 0 unspecified atom stereocenters. The molecule has 0 spiro atoms. The largest absolute Gasteiger partial charge is 0.507 e. The first-order chi connectivity index (χ1) is 14.5. The molecule has 30 heavy (non-hydrogen) atoms. The van der Waals surface area contributed by atoms with E-state index in [9.17, 15) is 9.90 Å². The number of hydrogen-bond acceptors (Lipinski definition) is 2. The average Bonchev–Trinajstić information content (AvgIpc) is 2.73. The van der Waals surface area contributed by atoms with Gasteiger partial charge in [-0.05, 0) is 60.4 Å². The van der Waals surface area contributed by atoms with Crippen LogP contribution in [0.1, 0.15) is 40.0 Å². The zero-order valence-electron chi connectivity index (χ0n) is 17.4. The van der Waals surface area contributed by atoms with E-state index < -0.39 is 0 Å². The fourth-order valence-corrected chi connectivity index (χ4v) is 4.10. The summed E-state index contributed by atoms with van der Waals surface area (Å²) in [6.07, 6.45) is 0. The Kier molecular flexibility index (Phi) is 5.28. The summed E-state index contributed by atoms with van der Waals surface area (Å²) in [5, 5.41) is 15.9. The molecule has 0 radical (unpaired) electrons. The van der Waals surface area contributed by atoms with Crippen molar-refractivity contribution in [3.05, 3.63) is 101 Å². The average molecular weight is 396 g/mol. The van der Waals surface area contributed by atoms with E-state index >= 15 is 0 Å². The second kappa shape index (κ2) is 8.03. The number of hydrogen-bond donors (Lipinski definition) is 2. The second-order valence-electron chi connectivity index (χ2n) is 7.79. The van der Waals surface area contributed by atoms with Gasteiger partial charge in [0.05, 0.1) is 6.04 Å². The molecule has 0 heterocycles. The van der Waals surface area contributed by atoms with Crippen LogP contribution in [0, 0.1) is 13.8 Å². The van der Waals surface area contributed by atoms with E-state index in [1.165, 1.54) is 0 Å². The molecule has 0 aromatic heterocycles. The van der Waals surface area contributed by atoms with Crippen molar-refractivity contribution in [2.45, 2.75) is 26.8 Å². The van der Waals surface area contributed by atoms with Crippen LogP contribution in [-0.2, 0) is 0 Å². The van der Waals surface area contributed by atoms with E-state index in [0.717, 1.165) is 33.0 Å². The number of benzene rings is 4. The van der Waals surface area contributed by atoms with Crippen molar-refractivity contribution >= 4 is 16.7 Å². The molecule has 1 amide bonds. The monoisotopic (exact) mass is 395 g/mol. The van der Waals surface area contributed by atoms with Gasteiger partial charge >= 0.3 is 0 Å². The highest BCUT2D eigenvalue weighted by Crippen LogP contribution is 2.40. The van der Waals surface area contributed by atoms with Crippen LogP contribution in [0.3, 0.4) is 0 Å². The minimum absolute atomic E-state index is 0.134. The predicted octanol–water partition coefficient (Wildman–Crippen LogP) is 6.32. The van der Waals surface area contributed by atoms with Crippen LogP contribution in [-0.4, -0.2) is 11.0 Å². The Morgan fingerprint density at radius 3 is 2.30 bits per heavy atom. The Morgan fingerprint density at radius 2 is 1.57 bits per heavy atom. The van der Waals surface area contributed by atoms with E-state index in [1.807, 2.05) is 93.6 Å². The third kappa shape index (κ3) is 3.67. The number of aromatic hydroxyl groups is 1. The van der Waals surface area contributed by atoms with Gasteiger partial charge in [0.25, 0.3) is 5.91 Å². The lowest BCUT2D eigenvalue weighted by atomic mass is 9.89. The van der Waals surface area contributed by atoms with Crippen molar-refractivity contribution in [2.24, 2.45) is 0 Å². The zero-order chi connectivity index (χ0) is 21.3. The van der Waals surface area contributed by atoms with Gasteiger partial charge in [0.1, 0.15) is 5.75 Å². The van der Waals surface area contributed by atoms with Crippen molar-refractivity contribution in [1.29, 1.82) is 0 Å². The molecule has 1 atom stereocenters. The number of phenols is 1. The number of carbonyl (C=O) groups excluding carboxylic acids is 1. The molecule has 3 heteroatoms. The highest BCUT2D eigenvalue weighted by molar-refractivity contribution is 6.11. The number of aryl methyl sites for hydroxylation is 2. The van der Waals surface area contributed by atoms with Gasteiger partial charge < -0.3 is 10.4 Å². The molecular formula is C27H25NO2. The Hall–Kier alpha value is -3.59. The standard InChI is InChI=1S/C27H25NO2/c1-17-15-18(2)25(24(29)16-17)26-22-12-8-7-11-21(22)13-14-23(26)27(30)28-19(3)20-9-5-4-6-10-20/h4-16,19,29H,1-3H3,(H,28,30)/t19-/m1/s1. The number of fused-ring (bicyclic) bond motifs is 1. The maximum Gasteiger partial charge on any atom is 0.252 e. The highest BCUT2D eigenvalue weighted by Gasteiger charge is 2.21. The van der Waals surface area contributed by atoms with E-state index in [0.29, 0.717) is 11.1 Å². The third-order valence-electron chi connectivity index (χ3n) is 5.53. The molecule has 0 saturated carbocycles. The van der Waals surface area contributed by atoms with Gasteiger partial charge in [0.15, 0.2) is 0 Å². The molecular weight excluding hydrogens is 370 g/mol. The lowest BCUT2D eigenvalue weighted by Gasteiger charge is -2.19. The maximum absolute atomic E-state index is 13.4. The normalized spacial score (nSPS) is 12.0. The molecule has 0 bridgehead atoms. The number of carbonyl (C=O) groups is 1. The first-order valence-corrected chi connectivity index (χ1v) is 10.1. The molecule has 0 saturated heterocycles. The molecule has 2 N–H and O–H groups in total. The van der Waals surface area contributed by atoms with Crippen molar-refractivity contribution in [1.82, 2.24) is 5.32 Å². The molecule has 4 rings (SSSR count). The van der Waals surface area contributed by atoms with Gasteiger partial charge in [-0.1, -0.05) is 66.7 Å². The van der Waals surface area contributed by atoms with E-state index in [-0.39, 0.29) is 17.7 Å². The Morgan fingerprint density at radius 1 is 0.867 bits per heavy atom. The van der Waals surface area contributed by atoms with Crippen molar-refractivity contribution < 1.29 is 9.90 Å². The summed E-state index contributed by atoms with van der Waals surface area (Å²) >= 11 is 0. The zero-order valence-corrected chi connectivity index (χ0v) is 17.4. The van der Waals surface area contributed by atoms with Gasteiger partial charge in [-0.3, -0.25) is 4.79 Å². The summed E-state index contributed by atoms with van der Waals surface area (Å²) in [6.45, 7) is 5.90. The summed E-state index contributed by atoms with van der Waals surface area (Å²) in [5.74, 6) is 0.0282. The molecule has 0 fully saturated rings. The van der Waals surface area contributed by atoms with Crippen LogP contribution in [0.4, 0.5) is 0 Å². The number of rotatable bonds is 4. The van der Waals surface area contributed by atoms with Gasteiger partial charge in [0, 0.05) is 16.7 Å². The molecule has 0 aliphatic heterocycles. The maximum atomic E-state index is 13.4. The number of nitrogens with one attached hydrogen (secondary N) is 1.